The number of rotatable bonds is 0. The van der Waals surface area contributed by atoms with Gasteiger partial charge in [-0.1, -0.05) is 0 Å². The third-order valence-corrected chi connectivity index (χ3v) is 2.27. The number of aromatic nitrogens is 2. The van der Waals surface area contributed by atoms with Crippen molar-refractivity contribution in [1.29, 1.82) is 0 Å². The van der Waals surface area contributed by atoms with Crippen molar-refractivity contribution in [2.24, 2.45) is 0 Å². The molecule has 0 unspecified atom stereocenters. The van der Waals surface area contributed by atoms with Crippen molar-refractivity contribution in [2.45, 2.75) is 12.4 Å². The normalized spacial score (nSPS) is 13.2. The second kappa shape index (κ2) is 3.53. The molecule has 0 atom stereocenters. The van der Waals surface area contributed by atoms with Gasteiger partial charge in [0.05, 0.1) is 16.6 Å². The highest BCUT2D eigenvalue weighted by atomic mass is 19.4. The number of anilines is 1. The highest BCUT2D eigenvalue weighted by molar-refractivity contribution is 5.84. The third kappa shape index (κ3) is 1.95. The molecule has 0 fully saturated rings. The van der Waals surface area contributed by atoms with E-state index in [0.29, 0.717) is 12.1 Å². The molecule has 2 rings (SSSR count). The zero-order valence-corrected chi connectivity index (χ0v) is 8.45. The average Bonchev–Trinajstić information content (AvgIpc) is 2.53. The molecule has 0 saturated heterocycles. The lowest BCUT2D eigenvalue weighted by molar-refractivity contribution is -0.139. The first kappa shape index (κ1) is 12.5. The van der Waals surface area contributed by atoms with Crippen LogP contribution in [0.25, 0.3) is 11.0 Å². The summed E-state index contributed by atoms with van der Waals surface area (Å²) in [5.74, 6) is -0.507. The molecule has 18 heavy (non-hydrogen) atoms. The Morgan fingerprint density at radius 2 is 1.44 bits per heavy atom. The zero-order chi connectivity index (χ0) is 13.7. The van der Waals surface area contributed by atoms with Crippen molar-refractivity contribution in [2.75, 3.05) is 5.73 Å². The summed E-state index contributed by atoms with van der Waals surface area (Å²) in [6.07, 6.45) is -9.59. The Morgan fingerprint density at radius 3 is 1.94 bits per heavy atom. The molecular formula is C9H5F6N3. The molecule has 0 radical (unpaired) electrons. The lowest BCUT2D eigenvalue weighted by Crippen LogP contribution is -2.10. The largest absolute Gasteiger partial charge is 0.418 e. The van der Waals surface area contributed by atoms with Gasteiger partial charge in [-0.2, -0.15) is 26.3 Å². The van der Waals surface area contributed by atoms with E-state index in [1.807, 2.05) is 4.98 Å². The predicted octanol–water partition coefficient (Wildman–Crippen LogP) is 3.18. The molecule has 0 aliphatic heterocycles. The van der Waals surface area contributed by atoms with Crippen LogP contribution in [0.3, 0.4) is 0 Å². The van der Waals surface area contributed by atoms with E-state index in [1.165, 1.54) is 0 Å². The van der Waals surface area contributed by atoms with E-state index in [2.05, 4.69) is 4.98 Å². The summed E-state index contributed by atoms with van der Waals surface area (Å²) in [5.41, 5.74) is 1.00. The summed E-state index contributed by atoms with van der Waals surface area (Å²) in [4.78, 5) is 5.25. The minimum absolute atomic E-state index is 0.339. The summed E-state index contributed by atoms with van der Waals surface area (Å²) < 4.78 is 75.5. The molecule has 0 saturated carbocycles. The quantitative estimate of drug-likeness (QED) is 0.722. The van der Waals surface area contributed by atoms with Crippen LogP contribution in [-0.4, -0.2) is 9.97 Å². The van der Waals surface area contributed by atoms with Crippen LogP contribution in [0.2, 0.25) is 0 Å². The van der Waals surface area contributed by atoms with Gasteiger partial charge in [-0.3, -0.25) is 0 Å². The Kier molecular flexibility index (Phi) is 2.46. The number of nitrogens with two attached hydrogens (primary N) is 1. The van der Waals surface area contributed by atoms with Crippen LogP contribution in [0, 0.1) is 0 Å². The molecular weight excluding hydrogens is 264 g/mol. The van der Waals surface area contributed by atoms with Gasteiger partial charge in [0.2, 0.25) is 0 Å². The maximum absolute atomic E-state index is 12.6. The first-order chi connectivity index (χ1) is 8.10. The molecule has 2 aromatic rings. The molecule has 0 bridgehead atoms. The first-order valence-corrected chi connectivity index (χ1v) is 4.53. The van der Waals surface area contributed by atoms with Gasteiger partial charge in [0, 0.05) is 0 Å². The van der Waals surface area contributed by atoms with E-state index in [1.54, 1.807) is 0 Å². The van der Waals surface area contributed by atoms with E-state index in [9.17, 15) is 26.3 Å². The number of benzene rings is 1. The topological polar surface area (TPSA) is 54.7 Å². The molecule has 3 N–H and O–H groups in total. The fourth-order valence-electron chi connectivity index (χ4n) is 1.58. The van der Waals surface area contributed by atoms with Crippen molar-refractivity contribution in [1.82, 2.24) is 9.97 Å². The van der Waals surface area contributed by atoms with Crippen LogP contribution in [0.5, 0.6) is 0 Å². The second-order valence-corrected chi connectivity index (χ2v) is 3.50. The molecule has 0 spiro atoms. The second-order valence-electron chi connectivity index (χ2n) is 3.50. The Morgan fingerprint density at radius 1 is 0.944 bits per heavy atom. The maximum atomic E-state index is 12.6. The van der Waals surface area contributed by atoms with Crippen molar-refractivity contribution < 1.29 is 26.3 Å². The minimum Gasteiger partial charge on any atom is -0.369 e. The lowest BCUT2D eigenvalue weighted by atomic mass is 10.1. The SMILES string of the molecule is Nc1nc2c(C(F)(F)F)ccc(C(F)(F)F)c2[nH]1. The zero-order valence-electron chi connectivity index (χ0n) is 8.45. The van der Waals surface area contributed by atoms with Crippen LogP contribution in [0.1, 0.15) is 11.1 Å². The van der Waals surface area contributed by atoms with Crippen LogP contribution in [-0.2, 0) is 12.4 Å². The number of H-pyrrole nitrogens is 1. The van der Waals surface area contributed by atoms with Crippen LogP contribution in [0.4, 0.5) is 32.3 Å². The third-order valence-electron chi connectivity index (χ3n) is 2.27. The molecule has 0 amide bonds. The fraction of sp³-hybridized carbons (Fsp3) is 0.222. The van der Waals surface area contributed by atoms with Gasteiger partial charge < -0.3 is 10.7 Å². The highest BCUT2D eigenvalue weighted by Gasteiger charge is 2.39. The van der Waals surface area contributed by atoms with Crippen LogP contribution < -0.4 is 5.73 Å². The summed E-state index contributed by atoms with van der Waals surface area (Å²) in [6, 6.07) is 0.689. The van der Waals surface area contributed by atoms with Gasteiger partial charge in [-0.15, -0.1) is 0 Å². The summed E-state index contributed by atoms with van der Waals surface area (Å²) in [6.45, 7) is 0. The van der Waals surface area contributed by atoms with Crippen molar-refractivity contribution in [3.8, 4) is 0 Å². The van der Waals surface area contributed by atoms with Crippen molar-refractivity contribution >= 4 is 17.0 Å². The van der Waals surface area contributed by atoms with E-state index >= 15 is 0 Å². The maximum Gasteiger partial charge on any atom is 0.418 e. The lowest BCUT2D eigenvalue weighted by Gasteiger charge is -2.11. The van der Waals surface area contributed by atoms with Gasteiger partial charge in [-0.05, 0) is 12.1 Å². The number of nitrogens with zero attached hydrogens (tertiary/aromatic N) is 1. The van der Waals surface area contributed by atoms with Gasteiger partial charge in [-0.25, -0.2) is 4.98 Å². The fourth-order valence-corrected chi connectivity index (χ4v) is 1.58. The number of fused-ring (bicyclic) bond motifs is 1. The van der Waals surface area contributed by atoms with E-state index < -0.39 is 40.5 Å². The summed E-state index contributed by atoms with van der Waals surface area (Å²) in [7, 11) is 0. The van der Waals surface area contributed by atoms with Gasteiger partial charge in [0.25, 0.3) is 0 Å². The molecule has 1 heterocycles. The number of halogens is 6. The molecule has 0 aliphatic rings. The molecule has 0 aliphatic carbocycles. The standard InChI is InChI=1S/C9H5F6N3/c10-8(11,12)3-1-2-4(9(13,14)15)6-5(3)17-7(16)18-6/h1-2H,(H3,16,17,18). The molecule has 1 aromatic carbocycles. The monoisotopic (exact) mass is 269 g/mol. The van der Waals surface area contributed by atoms with Gasteiger partial charge in [0.15, 0.2) is 5.95 Å². The molecule has 1 aromatic heterocycles. The Bertz CT molecular complexity index is 544. The number of nitrogen functional groups attached to an aromatic ring is 1. The van der Waals surface area contributed by atoms with Gasteiger partial charge >= 0.3 is 12.4 Å². The Balaban J connectivity index is 2.83. The summed E-state index contributed by atoms with van der Waals surface area (Å²) in [5, 5.41) is 0. The van der Waals surface area contributed by atoms with E-state index in [-0.39, 0.29) is 0 Å². The van der Waals surface area contributed by atoms with E-state index in [4.69, 9.17) is 5.73 Å². The number of hydrogen-bond acceptors (Lipinski definition) is 2. The van der Waals surface area contributed by atoms with Gasteiger partial charge in [0.1, 0.15) is 5.52 Å². The molecule has 98 valence electrons. The summed E-state index contributed by atoms with van der Waals surface area (Å²) >= 11 is 0. The van der Waals surface area contributed by atoms with Crippen molar-refractivity contribution in [3.05, 3.63) is 23.3 Å². The number of nitrogens with one attached hydrogen (secondary N) is 1. The van der Waals surface area contributed by atoms with E-state index in [0.717, 1.165) is 0 Å². The number of imidazole rings is 1. The Labute approximate surface area is 95.6 Å². The highest BCUT2D eigenvalue weighted by Crippen LogP contribution is 2.40. The predicted molar refractivity (Wildman–Crippen MR) is 50.5 cm³/mol. The Hall–Kier alpha value is -1.93. The number of hydrogen-bond donors (Lipinski definition) is 2. The number of alkyl halides is 6. The molecule has 9 heteroatoms. The number of aromatic amines is 1. The van der Waals surface area contributed by atoms with Crippen LogP contribution in [0.15, 0.2) is 12.1 Å². The molecule has 3 nitrogen and oxygen atoms in total. The van der Waals surface area contributed by atoms with Crippen LogP contribution >= 0.6 is 0 Å². The smallest absolute Gasteiger partial charge is 0.369 e. The first-order valence-electron chi connectivity index (χ1n) is 4.53. The average molecular weight is 269 g/mol. The minimum atomic E-state index is -4.80. The van der Waals surface area contributed by atoms with Crippen molar-refractivity contribution in [3.63, 3.8) is 0 Å².